The summed E-state index contributed by atoms with van der Waals surface area (Å²) in [6.07, 6.45) is 5.07. The molecule has 0 amide bonds. The van der Waals surface area contributed by atoms with E-state index in [1.807, 2.05) is 31.5 Å². The first-order valence-electron chi connectivity index (χ1n) is 14.8. The maximum absolute atomic E-state index is 14.5. The molecule has 1 N–H and O–H groups in total. The van der Waals surface area contributed by atoms with Crippen molar-refractivity contribution in [2.45, 2.75) is 52.2 Å². The topological polar surface area (TPSA) is 133 Å². The van der Waals surface area contributed by atoms with E-state index in [1.165, 1.54) is 11.6 Å². The maximum atomic E-state index is 14.5. The number of imidazole rings is 2. The number of ether oxygens (including phenoxy) is 1. The first kappa shape index (κ1) is 31.5. The van der Waals surface area contributed by atoms with Gasteiger partial charge in [-0.3, -0.25) is 18.8 Å². The van der Waals surface area contributed by atoms with Gasteiger partial charge >= 0.3 is 0 Å². The van der Waals surface area contributed by atoms with Crippen molar-refractivity contribution in [3.8, 4) is 11.3 Å². The van der Waals surface area contributed by atoms with Gasteiger partial charge in [-0.15, -0.1) is 0 Å². The van der Waals surface area contributed by atoms with Gasteiger partial charge in [-0.25, -0.2) is 32.2 Å². The minimum Gasteiger partial charge on any atom is -0.358 e. The fraction of sp³-hybridized carbons (Fsp3) is 0.387. The zero-order valence-electron chi connectivity index (χ0n) is 26.2. The summed E-state index contributed by atoms with van der Waals surface area (Å²) in [5, 5.41) is 3.32. The molecule has 1 saturated heterocycles. The number of sulfonamides is 1. The lowest BCUT2D eigenvalue weighted by molar-refractivity contribution is -0.0363. The second-order valence-corrected chi connectivity index (χ2v) is 13.5. The highest BCUT2D eigenvalue weighted by Gasteiger charge is 2.29. The van der Waals surface area contributed by atoms with Crippen LogP contribution in [0.5, 0.6) is 0 Å². The zero-order valence-corrected chi connectivity index (χ0v) is 27.0. The van der Waals surface area contributed by atoms with Crippen molar-refractivity contribution < 1.29 is 21.9 Å². The number of rotatable bonds is 9. The average Bonchev–Trinajstić information content (AvgIpc) is 3.63. The van der Waals surface area contributed by atoms with E-state index in [4.69, 9.17) is 9.72 Å². The second kappa shape index (κ2) is 12.4. The molecule has 5 aromatic rings. The highest BCUT2D eigenvalue weighted by atomic mass is 32.2. The van der Waals surface area contributed by atoms with Crippen molar-refractivity contribution in [1.82, 2.24) is 34.1 Å². The molecule has 242 valence electrons. The third-order valence-corrected chi connectivity index (χ3v) is 9.38. The smallest absolute Gasteiger partial charge is 0.295 e. The van der Waals surface area contributed by atoms with E-state index >= 15 is 0 Å². The summed E-state index contributed by atoms with van der Waals surface area (Å²) in [7, 11) is -0.385. The second-order valence-electron chi connectivity index (χ2n) is 11.5. The van der Waals surface area contributed by atoms with Crippen LogP contribution in [-0.2, 0) is 28.2 Å². The van der Waals surface area contributed by atoms with Gasteiger partial charge in [0.25, 0.3) is 6.43 Å². The Morgan fingerprint density at radius 2 is 1.87 bits per heavy atom. The van der Waals surface area contributed by atoms with Crippen LogP contribution in [0, 0.1) is 13.8 Å². The van der Waals surface area contributed by atoms with Gasteiger partial charge < -0.3 is 14.6 Å². The predicted molar refractivity (Wildman–Crippen MR) is 171 cm³/mol. The molecular formula is C31H35F2N9O3S. The fourth-order valence-corrected chi connectivity index (χ4v) is 6.07. The molecule has 1 atom stereocenters. The molecule has 0 aliphatic carbocycles. The highest BCUT2D eigenvalue weighted by molar-refractivity contribution is 7.92. The summed E-state index contributed by atoms with van der Waals surface area (Å²) in [5.41, 5.74) is 5.90. The van der Waals surface area contributed by atoms with E-state index in [0.29, 0.717) is 41.5 Å². The van der Waals surface area contributed by atoms with Gasteiger partial charge in [0.15, 0.2) is 11.5 Å². The van der Waals surface area contributed by atoms with E-state index in [9.17, 15) is 17.2 Å². The molecule has 1 aromatic carbocycles. The number of nitrogens with one attached hydrogen (secondary N) is 1. The number of aromatic nitrogens is 7. The van der Waals surface area contributed by atoms with E-state index < -0.39 is 28.5 Å². The lowest BCUT2D eigenvalue weighted by atomic mass is 10.1. The molecule has 12 nitrogen and oxygen atoms in total. The number of aryl methyl sites for hydroxylation is 3. The molecule has 1 unspecified atom stereocenters. The number of pyridine rings is 1. The average molecular weight is 652 g/mol. The largest absolute Gasteiger partial charge is 0.358 e. The summed E-state index contributed by atoms with van der Waals surface area (Å²) in [5.74, 6) is -0.444. The first-order chi connectivity index (χ1) is 21.9. The number of fused-ring (bicyclic) bond motifs is 1. The van der Waals surface area contributed by atoms with Gasteiger partial charge in [0.1, 0.15) is 11.7 Å². The van der Waals surface area contributed by atoms with E-state index in [1.54, 1.807) is 36.9 Å². The van der Waals surface area contributed by atoms with Crippen LogP contribution in [0.2, 0.25) is 0 Å². The number of benzene rings is 1. The Bertz CT molecular complexity index is 2020. The van der Waals surface area contributed by atoms with E-state index in [-0.39, 0.29) is 17.6 Å². The normalized spacial score (nSPS) is 15.5. The van der Waals surface area contributed by atoms with Gasteiger partial charge in [0.2, 0.25) is 10.0 Å². The highest BCUT2D eigenvalue weighted by Crippen LogP contribution is 2.39. The molecular weight excluding hydrogens is 616 g/mol. The minimum absolute atomic E-state index is 0.211. The van der Waals surface area contributed by atoms with Crippen LogP contribution < -0.4 is 9.62 Å². The van der Waals surface area contributed by atoms with Crippen LogP contribution in [0.1, 0.15) is 60.5 Å². The molecule has 46 heavy (non-hydrogen) atoms. The lowest BCUT2D eigenvalue weighted by Crippen LogP contribution is -2.25. The number of hydrogen-bond acceptors (Lipinski definition) is 9. The summed E-state index contributed by atoms with van der Waals surface area (Å²) in [6, 6.07) is 7.05. The maximum Gasteiger partial charge on any atom is 0.295 e. The van der Waals surface area contributed by atoms with Crippen molar-refractivity contribution in [2.24, 2.45) is 7.05 Å². The summed E-state index contributed by atoms with van der Waals surface area (Å²) >= 11 is 0. The van der Waals surface area contributed by atoms with Gasteiger partial charge in [-0.1, -0.05) is 6.07 Å². The lowest BCUT2D eigenvalue weighted by Gasteiger charge is -2.25. The SMILES string of the molecule is Cc1ncc(Cc2cc(Nc3ccc(-c4cncn4C)cc3N(C)S(C)(=O)=O)c3nc(C(F)F)n(C4CCCCO4)c3n2)nc1C. The molecule has 0 bridgehead atoms. The molecule has 1 fully saturated rings. The number of alkyl halides is 2. The standard InChI is InChI=1S/C31H35F2N9O3S/c1-18-19(2)36-22(15-35-18)13-21-14-24(28-30(37-21)42(31(39-28)29(32)33)27-8-6-7-11-45-27)38-23-10-9-20(26-16-34-17-40(26)3)12-25(23)41(4)46(5,43)44/h9-10,12,14-17,27,29H,6-8,11,13H2,1-5H3,(H,37,38). The molecule has 5 heterocycles. The van der Waals surface area contributed by atoms with Gasteiger partial charge in [0, 0.05) is 38.9 Å². The third-order valence-electron chi connectivity index (χ3n) is 8.19. The molecule has 0 radical (unpaired) electrons. The first-order valence-corrected chi connectivity index (χ1v) is 16.7. The molecule has 15 heteroatoms. The van der Waals surface area contributed by atoms with Crippen molar-refractivity contribution >= 4 is 38.2 Å². The van der Waals surface area contributed by atoms with Crippen LogP contribution in [0.3, 0.4) is 0 Å². The van der Waals surface area contributed by atoms with E-state index in [0.717, 1.165) is 46.0 Å². The van der Waals surface area contributed by atoms with Gasteiger partial charge in [-0.05, 0) is 51.3 Å². The molecule has 1 aliphatic heterocycles. The molecule has 1 aliphatic rings. The number of nitrogens with zero attached hydrogens (tertiary/aromatic N) is 8. The monoisotopic (exact) mass is 651 g/mol. The van der Waals surface area contributed by atoms with Crippen molar-refractivity contribution in [3.05, 3.63) is 71.6 Å². The zero-order chi connectivity index (χ0) is 32.7. The summed E-state index contributed by atoms with van der Waals surface area (Å²) in [4.78, 5) is 22.5. The Balaban J connectivity index is 1.53. The molecule has 4 aromatic heterocycles. The van der Waals surface area contributed by atoms with Gasteiger partial charge in [0.05, 0.1) is 64.3 Å². The number of halogens is 2. The number of anilines is 3. The summed E-state index contributed by atoms with van der Waals surface area (Å²) in [6.45, 7) is 4.19. The van der Waals surface area contributed by atoms with E-state index in [2.05, 4.69) is 25.3 Å². The number of hydrogen-bond donors (Lipinski definition) is 1. The summed E-state index contributed by atoms with van der Waals surface area (Å²) < 4.78 is 64.9. The Morgan fingerprint density at radius 1 is 1.07 bits per heavy atom. The predicted octanol–water partition coefficient (Wildman–Crippen LogP) is 5.61. The Kier molecular flexibility index (Phi) is 8.46. The van der Waals surface area contributed by atoms with Crippen LogP contribution in [0.25, 0.3) is 22.4 Å². The fourth-order valence-electron chi connectivity index (χ4n) is 5.56. The van der Waals surface area contributed by atoms with Crippen molar-refractivity contribution in [2.75, 3.05) is 29.5 Å². The minimum atomic E-state index is -3.69. The van der Waals surface area contributed by atoms with Crippen molar-refractivity contribution in [3.63, 3.8) is 0 Å². The van der Waals surface area contributed by atoms with Gasteiger partial charge in [-0.2, -0.15) is 0 Å². The molecule has 0 spiro atoms. The Hall–Kier alpha value is -4.50. The Morgan fingerprint density at radius 3 is 2.52 bits per heavy atom. The van der Waals surface area contributed by atoms with Crippen LogP contribution in [0.4, 0.5) is 25.8 Å². The quantitative estimate of drug-likeness (QED) is 0.216. The molecule has 6 rings (SSSR count). The Labute approximate surface area is 265 Å². The van der Waals surface area contributed by atoms with Crippen molar-refractivity contribution in [1.29, 1.82) is 0 Å². The van der Waals surface area contributed by atoms with Crippen LogP contribution in [-0.4, -0.2) is 62.4 Å². The van der Waals surface area contributed by atoms with Crippen LogP contribution >= 0.6 is 0 Å². The third kappa shape index (κ3) is 6.16. The van der Waals surface area contributed by atoms with Crippen LogP contribution in [0.15, 0.2) is 43.0 Å². The molecule has 0 saturated carbocycles.